The molecular formula is C18H26N4O4. The van der Waals surface area contributed by atoms with Crippen molar-refractivity contribution in [1.29, 1.82) is 0 Å². The van der Waals surface area contributed by atoms with Crippen molar-refractivity contribution in [2.45, 2.75) is 40.2 Å². The highest BCUT2D eigenvalue weighted by Gasteiger charge is 2.12. The summed E-state index contributed by atoms with van der Waals surface area (Å²) in [7, 11) is 0. The molecule has 0 saturated carbocycles. The Morgan fingerprint density at radius 2 is 2.15 bits per heavy atom. The van der Waals surface area contributed by atoms with Gasteiger partial charge in [0.25, 0.3) is 11.5 Å². The van der Waals surface area contributed by atoms with Gasteiger partial charge in [-0.1, -0.05) is 20.8 Å². The minimum Gasteiger partial charge on any atom is -0.381 e. The number of hydrogen-bond donors (Lipinski definition) is 2. The Labute approximate surface area is 151 Å². The number of ether oxygens (including phenoxy) is 1. The molecule has 26 heavy (non-hydrogen) atoms. The lowest BCUT2D eigenvalue weighted by Gasteiger charge is -2.09. The van der Waals surface area contributed by atoms with E-state index in [0.29, 0.717) is 44.3 Å². The quantitative estimate of drug-likeness (QED) is 0.654. The van der Waals surface area contributed by atoms with Crippen molar-refractivity contribution in [2.24, 2.45) is 5.92 Å². The van der Waals surface area contributed by atoms with E-state index in [0.717, 1.165) is 6.42 Å². The molecule has 0 radical (unpaired) electrons. The molecule has 0 atom stereocenters. The monoisotopic (exact) mass is 362 g/mol. The predicted octanol–water partition coefficient (Wildman–Crippen LogP) is 1.29. The van der Waals surface area contributed by atoms with Crippen LogP contribution in [0.4, 0.5) is 0 Å². The van der Waals surface area contributed by atoms with E-state index >= 15 is 0 Å². The normalized spacial score (nSPS) is 11.2. The number of fused-ring (bicyclic) bond motifs is 1. The average molecular weight is 362 g/mol. The number of aryl methyl sites for hydroxylation is 1. The highest BCUT2D eigenvalue weighted by molar-refractivity contribution is 5.96. The number of nitrogens with one attached hydrogen (secondary N) is 2. The molecule has 2 heterocycles. The van der Waals surface area contributed by atoms with Gasteiger partial charge in [-0.15, -0.1) is 0 Å². The summed E-state index contributed by atoms with van der Waals surface area (Å²) >= 11 is 0. The number of aromatic nitrogens is 3. The van der Waals surface area contributed by atoms with Gasteiger partial charge in [0.15, 0.2) is 0 Å². The number of pyridine rings is 1. The molecule has 8 heteroatoms. The van der Waals surface area contributed by atoms with E-state index in [9.17, 15) is 14.4 Å². The van der Waals surface area contributed by atoms with Crippen LogP contribution >= 0.6 is 0 Å². The van der Waals surface area contributed by atoms with Crippen LogP contribution in [0.25, 0.3) is 11.0 Å². The predicted molar refractivity (Wildman–Crippen MR) is 99.5 cm³/mol. The van der Waals surface area contributed by atoms with Crippen LogP contribution in [0.2, 0.25) is 0 Å². The maximum absolute atomic E-state index is 12.2. The summed E-state index contributed by atoms with van der Waals surface area (Å²) in [5.74, 6) is 0.173. The SMILES string of the molecule is CCCn1c(=O)[nH]c(=O)c2cc(C(=O)NCCCOCC(C)C)cnc21. The Morgan fingerprint density at radius 1 is 1.38 bits per heavy atom. The van der Waals surface area contributed by atoms with Crippen LogP contribution in [0.5, 0.6) is 0 Å². The molecule has 0 aromatic carbocycles. The first kappa shape index (κ1) is 19.8. The summed E-state index contributed by atoms with van der Waals surface area (Å²) in [4.78, 5) is 42.7. The Bertz CT molecular complexity index is 870. The third-order valence-electron chi connectivity index (χ3n) is 3.74. The molecule has 0 aliphatic carbocycles. The summed E-state index contributed by atoms with van der Waals surface area (Å²) in [5.41, 5.74) is -0.455. The molecule has 2 aromatic heterocycles. The van der Waals surface area contributed by atoms with Gasteiger partial charge in [-0.25, -0.2) is 9.78 Å². The van der Waals surface area contributed by atoms with Crippen molar-refractivity contribution in [2.75, 3.05) is 19.8 Å². The Balaban J connectivity index is 2.07. The first-order chi connectivity index (χ1) is 12.4. The molecule has 0 spiro atoms. The zero-order valence-corrected chi connectivity index (χ0v) is 15.5. The van der Waals surface area contributed by atoms with Gasteiger partial charge in [0.05, 0.1) is 10.9 Å². The van der Waals surface area contributed by atoms with Crippen molar-refractivity contribution in [3.63, 3.8) is 0 Å². The summed E-state index contributed by atoms with van der Waals surface area (Å²) in [6.45, 7) is 8.28. The number of carbonyl (C=O) groups is 1. The fourth-order valence-corrected chi connectivity index (χ4v) is 2.52. The molecule has 2 aromatic rings. The lowest BCUT2D eigenvalue weighted by molar-refractivity contribution is 0.0925. The van der Waals surface area contributed by atoms with Crippen molar-refractivity contribution < 1.29 is 9.53 Å². The minimum absolute atomic E-state index is 0.228. The molecule has 142 valence electrons. The zero-order chi connectivity index (χ0) is 19.1. The standard InChI is InChI=1S/C18H26N4O4/c1-4-7-22-15-14(17(24)21-18(22)25)9-13(10-20-15)16(23)19-6-5-8-26-11-12(2)3/h9-10,12H,4-8,11H2,1-3H3,(H,19,23)(H,21,24,25). The molecule has 2 N–H and O–H groups in total. The highest BCUT2D eigenvalue weighted by atomic mass is 16.5. The molecule has 0 bridgehead atoms. The molecule has 2 rings (SSSR count). The molecule has 8 nitrogen and oxygen atoms in total. The third kappa shape index (κ3) is 5.01. The number of hydrogen-bond acceptors (Lipinski definition) is 5. The van der Waals surface area contributed by atoms with Gasteiger partial charge in [0.2, 0.25) is 0 Å². The summed E-state index contributed by atoms with van der Waals surface area (Å²) in [6, 6.07) is 1.47. The summed E-state index contributed by atoms with van der Waals surface area (Å²) in [5, 5.41) is 3.01. The number of nitrogens with zero attached hydrogens (tertiary/aromatic N) is 2. The van der Waals surface area contributed by atoms with E-state index in [1.165, 1.54) is 16.8 Å². The summed E-state index contributed by atoms with van der Waals surface area (Å²) in [6.07, 6.45) is 2.82. The van der Waals surface area contributed by atoms with Gasteiger partial charge >= 0.3 is 5.69 Å². The van der Waals surface area contributed by atoms with Crippen molar-refractivity contribution >= 4 is 16.9 Å². The highest BCUT2D eigenvalue weighted by Crippen LogP contribution is 2.08. The largest absolute Gasteiger partial charge is 0.381 e. The van der Waals surface area contributed by atoms with E-state index < -0.39 is 11.2 Å². The van der Waals surface area contributed by atoms with Gasteiger partial charge in [-0.2, -0.15) is 0 Å². The fraction of sp³-hybridized carbons (Fsp3) is 0.556. The van der Waals surface area contributed by atoms with E-state index in [2.05, 4.69) is 29.1 Å². The van der Waals surface area contributed by atoms with Crippen LogP contribution in [-0.4, -0.2) is 40.2 Å². The molecular weight excluding hydrogens is 336 g/mol. The minimum atomic E-state index is -0.540. The van der Waals surface area contributed by atoms with Crippen molar-refractivity contribution in [3.05, 3.63) is 38.7 Å². The first-order valence-corrected chi connectivity index (χ1v) is 8.92. The van der Waals surface area contributed by atoms with Crippen LogP contribution in [0, 0.1) is 5.92 Å². The second-order valence-corrected chi connectivity index (χ2v) is 6.58. The van der Waals surface area contributed by atoms with E-state index in [1.54, 1.807) is 0 Å². The van der Waals surface area contributed by atoms with Gasteiger partial charge in [-0.3, -0.25) is 19.1 Å². The Kier molecular flexibility index (Phi) is 7.08. The average Bonchev–Trinajstić information content (AvgIpc) is 2.60. The second-order valence-electron chi connectivity index (χ2n) is 6.58. The van der Waals surface area contributed by atoms with E-state index in [1.807, 2.05) is 6.92 Å². The molecule has 0 aliphatic heterocycles. The molecule has 0 unspecified atom stereocenters. The third-order valence-corrected chi connectivity index (χ3v) is 3.74. The summed E-state index contributed by atoms with van der Waals surface area (Å²) < 4.78 is 6.87. The molecule has 1 amide bonds. The van der Waals surface area contributed by atoms with Gasteiger partial charge in [0.1, 0.15) is 5.65 Å². The molecule has 0 saturated heterocycles. The Hall–Kier alpha value is -2.48. The van der Waals surface area contributed by atoms with Crippen molar-refractivity contribution in [3.8, 4) is 0 Å². The van der Waals surface area contributed by atoms with Crippen LogP contribution in [-0.2, 0) is 11.3 Å². The van der Waals surface area contributed by atoms with Gasteiger partial charge in [-0.05, 0) is 24.8 Å². The fourth-order valence-electron chi connectivity index (χ4n) is 2.52. The van der Waals surface area contributed by atoms with E-state index in [4.69, 9.17) is 4.74 Å². The smallest absolute Gasteiger partial charge is 0.329 e. The van der Waals surface area contributed by atoms with Gasteiger partial charge < -0.3 is 10.1 Å². The lowest BCUT2D eigenvalue weighted by Crippen LogP contribution is -2.31. The Morgan fingerprint density at radius 3 is 2.85 bits per heavy atom. The molecule has 0 fully saturated rings. The number of aromatic amines is 1. The number of H-pyrrole nitrogens is 1. The van der Waals surface area contributed by atoms with Gasteiger partial charge in [0, 0.05) is 32.5 Å². The topological polar surface area (TPSA) is 106 Å². The van der Waals surface area contributed by atoms with Crippen LogP contribution in [0.15, 0.2) is 21.9 Å². The maximum atomic E-state index is 12.2. The van der Waals surface area contributed by atoms with Crippen LogP contribution < -0.4 is 16.6 Å². The van der Waals surface area contributed by atoms with Crippen LogP contribution in [0.1, 0.15) is 44.0 Å². The maximum Gasteiger partial charge on any atom is 0.329 e. The van der Waals surface area contributed by atoms with Crippen LogP contribution in [0.3, 0.4) is 0 Å². The first-order valence-electron chi connectivity index (χ1n) is 8.92. The number of amides is 1. The molecule has 0 aliphatic rings. The van der Waals surface area contributed by atoms with E-state index in [-0.39, 0.29) is 16.9 Å². The second kappa shape index (κ2) is 9.28. The zero-order valence-electron chi connectivity index (χ0n) is 15.5. The number of rotatable bonds is 9. The van der Waals surface area contributed by atoms with Crippen molar-refractivity contribution in [1.82, 2.24) is 19.9 Å². The number of carbonyl (C=O) groups excluding carboxylic acids is 1. The lowest BCUT2D eigenvalue weighted by atomic mass is 10.2.